The van der Waals surface area contributed by atoms with E-state index in [0.29, 0.717) is 0 Å². The zero-order valence-electron chi connectivity index (χ0n) is 12.1. The van der Waals surface area contributed by atoms with Crippen molar-refractivity contribution in [1.29, 1.82) is 0 Å². The number of para-hydroxylation sites is 1. The number of rotatable bonds is 5. The molecule has 0 amide bonds. The summed E-state index contributed by atoms with van der Waals surface area (Å²) in [6.45, 7) is 3.54. The minimum atomic E-state index is 0.0499. The van der Waals surface area contributed by atoms with Crippen molar-refractivity contribution in [3.63, 3.8) is 0 Å². The molecule has 0 aliphatic heterocycles. The number of H-pyrrole nitrogens is 1. The Morgan fingerprint density at radius 3 is 2.95 bits per heavy atom. The minimum absolute atomic E-state index is 0.0499. The lowest BCUT2D eigenvalue weighted by molar-refractivity contribution is 0.655. The number of anilines is 1. The third kappa shape index (κ3) is 2.84. The van der Waals surface area contributed by atoms with Gasteiger partial charge < -0.3 is 14.9 Å². The van der Waals surface area contributed by atoms with E-state index in [1.54, 1.807) is 10.6 Å². The second kappa shape index (κ2) is 5.87. The summed E-state index contributed by atoms with van der Waals surface area (Å²) in [6.07, 6.45) is 4.79. The Morgan fingerprint density at radius 1 is 1.19 bits per heavy atom. The van der Waals surface area contributed by atoms with Gasteiger partial charge in [-0.3, -0.25) is 4.79 Å². The molecule has 21 heavy (non-hydrogen) atoms. The van der Waals surface area contributed by atoms with Gasteiger partial charge in [0.25, 0.3) is 5.56 Å². The van der Waals surface area contributed by atoms with Gasteiger partial charge in [0.1, 0.15) is 0 Å². The van der Waals surface area contributed by atoms with E-state index in [9.17, 15) is 4.79 Å². The van der Waals surface area contributed by atoms with E-state index in [4.69, 9.17) is 0 Å². The Kier molecular flexibility index (Phi) is 3.77. The van der Waals surface area contributed by atoms with Crippen LogP contribution in [0.1, 0.15) is 18.9 Å². The molecule has 0 saturated heterocycles. The van der Waals surface area contributed by atoms with Crippen molar-refractivity contribution in [2.45, 2.75) is 26.4 Å². The van der Waals surface area contributed by atoms with Gasteiger partial charge in [-0.1, -0.05) is 25.1 Å². The van der Waals surface area contributed by atoms with E-state index in [1.165, 1.54) is 10.9 Å². The van der Waals surface area contributed by atoms with Gasteiger partial charge in [-0.2, -0.15) is 0 Å². The summed E-state index contributed by atoms with van der Waals surface area (Å²) in [4.78, 5) is 15.0. The van der Waals surface area contributed by atoms with Crippen molar-refractivity contribution >= 4 is 16.6 Å². The van der Waals surface area contributed by atoms with Gasteiger partial charge in [-0.15, -0.1) is 0 Å². The molecule has 0 fully saturated rings. The van der Waals surface area contributed by atoms with E-state index in [0.717, 1.165) is 30.7 Å². The molecule has 108 valence electrons. The van der Waals surface area contributed by atoms with E-state index >= 15 is 0 Å². The van der Waals surface area contributed by atoms with Crippen LogP contribution in [0.5, 0.6) is 0 Å². The topological polar surface area (TPSA) is 49.8 Å². The third-order valence-electron chi connectivity index (χ3n) is 3.60. The van der Waals surface area contributed by atoms with Crippen LogP contribution in [-0.4, -0.2) is 9.55 Å². The van der Waals surface area contributed by atoms with Gasteiger partial charge in [-0.25, -0.2) is 0 Å². The molecule has 0 spiro atoms. The molecule has 2 aromatic heterocycles. The summed E-state index contributed by atoms with van der Waals surface area (Å²) in [5.41, 5.74) is 3.39. The fourth-order valence-electron chi connectivity index (χ4n) is 2.55. The third-order valence-corrected chi connectivity index (χ3v) is 3.60. The van der Waals surface area contributed by atoms with Crippen LogP contribution in [0.15, 0.2) is 53.6 Å². The first-order chi connectivity index (χ1) is 10.3. The Hall–Kier alpha value is -2.49. The zero-order chi connectivity index (χ0) is 14.7. The van der Waals surface area contributed by atoms with Crippen LogP contribution in [0.4, 0.5) is 5.69 Å². The van der Waals surface area contributed by atoms with Crippen molar-refractivity contribution in [3.8, 4) is 0 Å². The fraction of sp³-hybridized carbons (Fsp3) is 0.235. The lowest BCUT2D eigenvalue weighted by Crippen LogP contribution is -2.18. The van der Waals surface area contributed by atoms with Gasteiger partial charge in [0.05, 0.1) is 11.2 Å². The number of pyridine rings is 1. The maximum absolute atomic E-state index is 11.7. The predicted molar refractivity (Wildman–Crippen MR) is 86.6 cm³/mol. The highest BCUT2D eigenvalue weighted by atomic mass is 16.1. The smallest absolute Gasteiger partial charge is 0.250 e. The Balaban J connectivity index is 1.80. The maximum Gasteiger partial charge on any atom is 0.250 e. The molecule has 0 radical (unpaired) electrons. The minimum Gasteiger partial charge on any atom is -0.380 e. The standard InChI is InChI=1S/C17H19N3O/c1-2-10-20-12-15(6-7-16(20)21)19-11-14-5-3-4-13-8-9-18-17(13)14/h3-9,12,18-19H,2,10-11H2,1H3. The van der Waals surface area contributed by atoms with Crippen LogP contribution in [0, 0.1) is 0 Å². The molecular weight excluding hydrogens is 262 g/mol. The first kappa shape index (κ1) is 13.5. The average Bonchev–Trinajstić information content (AvgIpc) is 2.97. The van der Waals surface area contributed by atoms with Gasteiger partial charge in [0, 0.05) is 31.5 Å². The number of hydrogen-bond donors (Lipinski definition) is 2. The van der Waals surface area contributed by atoms with E-state index in [-0.39, 0.29) is 5.56 Å². The molecule has 0 unspecified atom stereocenters. The lowest BCUT2D eigenvalue weighted by Gasteiger charge is -2.10. The van der Waals surface area contributed by atoms with E-state index < -0.39 is 0 Å². The zero-order valence-corrected chi connectivity index (χ0v) is 12.1. The summed E-state index contributed by atoms with van der Waals surface area (Å²) >= 11 is 0. The molecule has 4 nitrogen and oxygen atoms in total. The highest BCUT2D eigenvalue weighted by molar-refractivity contribution is 5.82. The first-order valence-electron chi connectivity index (χ1n) is 7.27. The highest BCUT2D eigenvalue weighted by Gasteiger charge is 2.02. The summed E-state index contributed by atoms with van der Waals surface area (Å²) < 4.78 is 1.75. The summed E-state index contributed by atoms with van der Waals surface area (Å²) in [6, 6.07) is 11.8. The molecular formula is C17H19N3O. The van der Waals surface area contributed by atoms with Crippen molar-refractivity contribution in [2.75, 3.05) is 5.32 Å². The van der Waals surface area contributed by atoms with Crippen LogP contribution in [0.3, 0.4) is 0 Å². The predicted octanol–water partition coefficient (Wildman–Crippen LogP) is 3.35. The van der Waals surface area contributed by atoms with Gasteiger partial charge in [0.15, 0.2) is 0 Å². The van der Waals surface area contributed by atoms with Gasteiger partial charge in [0.2, 0.25) is 0 Å². The molecule has 2 heterocycles. The molecule has 3 aromatic rings. The molecule has 0 aliphatic carbocycles. The summed E-state index contributed by atoms with van der Waals surface area (Å²) in [7, 11) is 0. The van der Waals surface area contributed by atoms with Crippen LogP contribution in [0.25, 0.3) is 10.9 Å². The number of hydrogen-bond acceptors (Lipinski definition) is 2. The Labute approximate surface area is 123 Å². The molecule has 2 N–H and O–H groups in total. The number of aromatic nitrogens is 2. The Bertz CT molecular complexity index is 801. The molecule has 3 rings (SSSR count). The number of benzene rings is 1. The van der Waals surface area contributed by atoms with E-state index in [1.807, 2.05) is 18.5 Å². The second-order valence-electron chi connectivity index (χ2n) is 5.16. The first-order valence-corrected chi connectivity index (χ1v) is 7.27. The monoisotopic (exact) mass is 281 g/mol. The second-order valence-corrected chi connectivity index (χ2v) is 5.16. The SMILES string of the molecule is CCCn1cc(NCc2cccc3cc[nH]c23)ccc1=O. The largest absolute Gasteiger partial charge is 0.380 e. The maximum atomic E-state index is 11.7. The molecule has 0 atom stereocenters. The lowest BCUT2D eigenvalue weighted by atomic mass is 10.1. The van der Waals surface area contributed by atoms with Crippen LogP contribution < -0.4 is 10.9 Å². The average molecular weight is 281 g/mol. The van der Waals surface area contributed by atoms with Crippen molar-refractivity contribution < 1.29 is 0 Å². The van der Waals surface area contributed by atoms with Gasteiger partial charge in [-0.05, 0) is 29.5 Å². The number of nitrogens with one attached hydrogen (secondary N) is 2. The highest BCUT2D eigenvalue weighted by Crippen LogP contribution is 2.18. The molecule has 0 bridgehead atoms. The molecule has 0 saturated carbocycles. The van der Waals surface area contributed by atoms with Crippen LogP contribution >= 0.6 is 0 Å². The van der Waals surface area contributed by atoms with E-state index in [2.05, 4.69) is 41.5 Å². The molecule has 0 aliphatic rings. The van der Waals surface area contributed by atoms with Crippen molar-refractivity contribution in [1.82, 2.24) is 9.55 Å². The fourth-order valence-corrected chi connectivity index (χ4v) is 2.55. The normalized spacial score (nSPS) is 10.9. The van der Waals surface area contributed by atoms with Crippen LogP contribution in [-0.2, 0) is 13.1 Å². The number of fused-ring (bicyclic) bond motifs is 1. The summed E-state index contributed by atoms with van der Waals surface area (Å²) in [5, 5.41) is 4.60. The van der Waals surface area contributed by atoms with Crippen molar-refractivity contribution in [2.24, 2.45) is 0 Å². The Morgan fingerprint density at radius 2 is 2.10 bits per heavy atom. The van der Waals surface area contributed by atoms with Crippen molar-refractivity contribution in [3.05, 3.63) is 64.7 Å². The number of aryl methyl sites for hydroxylation is 1. The van der Waals surface area contributed by atoms with Crippen LogP contribution in [0.2, 0.25) is 0 Å². The molecule has 1 aromatic carbocycles. The summed E-state index contributed by atoms with van der Waals surface area (Å²) in [5.74, 6) is 0. The molecule has 4 heteroatoms. The number of nitrogens with zero attached hydrogens (tertiary/aromatic N) is 1. The number of aromatic amines is 1. The van der Waals surface area contributed by atoms with Gasteiger partial charge >= 0.3 is 0 Å². The quantitative estimate of drug-likeness (QED) is 0.753.